The van der Waals surface area contributed by atoms with Crippen LogP contribution in [0.1, 0.15) is 77.6 Å². The fourth-order valence-corrected chi connectivity index (χ4v) is 2.50. The largest absolute Gasteiger partial charge is 0.396 e. The normalized spacial score (nSPS) is 11.1. The summed E-state index contributed by atoms with van der Waals surface area (Å²) in [7, 11) is 2.12. The first-order chi connectivity index (χ1) is 10.7. The van der Waals surface area contributed by atoms with E-state index in [4.69, 9.17) is 5.11 Å². The number of carbonyl (C=O) groups is 1. The molecule has 0 saturated heterocycles. The Morgan fingerprint density at radius 3 is 2.23 bits per heavy atom. The fraction of sp³-hybridized carbons (Fsp3) is 0.944. The lowest BCUT2D eigenvalue weighted by Gasteiger charge is -2.16. The van der Waals surface area contributed by atoms with Crippen molar-refractivity contribution in [2.45, 2.75) is 77.6 Å². The van der Waals surface area contributed by atoms with Gasteiger partial charge in [0.15, 0.2) is 0 Å². The summed E-state index contributed by atoms with van der Waals surface area (Å²) in [5, 5.41) is 11.7. The summed E-state index contributed by atoms with van der Waals surface area (Å²) >= 11 is 0. The number of rotatable bonds is 16. The van der Waals surface area contributed by atoms with Crippen LogP contribution in [-0.4, -0.2) is 49.2 Å². The second-order valence-corrected chi connectivity index (χ2v) is 6.31. The summed E-state index contributed by atoms with van der Waals surface area (Å²) in [6, 6.07) is 0. The molecule has 0 aliphatic heterocycles. The number of aliphatic hydroxyl groups is 1. The van der Waals surface area contributed by atoms with Crippen LogP contribution in [0.5, 0.6) is 0 Å². The molecule has 132 valence electrons. The molecule has 0 aliphatic carbocycles. The smallest absolute Gasteiger partial charge is 0.220 e. The summed E-state index contributed by atoms with van der Waals surface area (Å²) in [5.41, 5.74) is 0. The Hall–Kier alpha value is -0.610. The molecule has 2 N–H and O–H groups in total. The average Bonchev–Trinajstić information content (AvgIpc) is 2.51. The summed E-state index contributed by atoms with van der Waals surface area (Å²) in [6.45, 7) is 5.31. The van der Waals surface area contributed by atoms with Gasteiger partial charge in [-0.15, -0.1) is 0 Å². The second-order valence-electron chi connectivity index (χ2n) is 6.31. The highest BCUT2D eigenvalue weighted by molar-refractivity contribution is 5.75. The Bertz CT molecular complexity index is 247. The van der Waals surface area contributed by atoms with Crippen molar-refractivity contribution in [3.05, 3.63) is 0 Å². The predicted molar refractivity (Wildman–Crippen MR) is 94.1 cm³/mol. The summed E-state index contributed by atoms with van der Waals surface area (Å²) in [4.78, 5) is 13.9. The van der Waals surface area contributed by atoms with E-state index in [1.165, 1.54) is 44.9 Å². The number of hydrogen-bond acceptors (Lipinski definition) is 3. The molecule has 0 heterocycles. The fourth-order valence-electron chi connectivity index (χ4n) is 2.50. The van der Waals surface area contributed by atoms with E-state index in [0.717, 1.165) is 38.9 Å². The molecular formula is C18H38N2O2. The van der Waals surface area contributed by atoms with Gasteiger partial charge in [-0.25, -0.2) is 0 Å². The molecule has 0 aromatic rings. The van der Waals surface area contributed by atoms with Gasteiger partial charge in [-0.05, 0) is 32.9 Å². The van der Waals surface area contributed by atoms with Crippen molar-refractivity contribution in [2.24, 2.45) is 0 Å². The van der Waals surface area contributed by atoms with E-state index in [1.54, 1.807) is 0 Å². The van der Waals surface area contributed by atoms with Crippen molar-refractivity contribution in [1.82, 2.24) is 10.2 Å². The van der Waals surface area contributed by atoms with Crippen LogP contribution >= 0.6 is 0 Å². The van der Waals surface area contributed by atoms with Crippen LogP contribution < -0.4 is 5.32 Å². The van der Waals surface area contributed by atoms with E-state index < -0.39 is 0 Å². The van der Waals surface area contributed by atoms with Gasteiger partial charge in [0, 0.05) is 26.1 Å². The van der Waals surface area contributed by atoms with Crippen LogP contribution in [0.25, 0.3) is 0 Å². The Kier molecular flexibility index (Phi) is 16.3. The van der Waals surface area contributed by atoms with E-state index in [1.807, 2.05) is 0 Å². The molecule has 4 heteroatoms. The maximum atomic E-state index is 11.6. The van der Waals surface area contributed by atoms with Crippen LogP contribution in [0.2, 0.25) is 0 Å². The van der Waals surface area contributed by atoms with E-state index in [0.29, 0.717) is 13.0 Å². The predicted octanol–water partition coefficient (Wildman–Crippen LogP) is 3.34. The van der Waals surface area contributed by atoms with Crippen molar-refractivity contribution >= 4 is 5.91 Å². The molecule has 22 heavy (non-hydrogen) atoms. The third-order valence-corrected chi connectivity index (χ3v) is 4.02. The first-order valence-electron chi connectivity index (χ1n) is 9.26. The number of nitrogens with zero attached hydrogens (tertiary/aromatic N) is 1. The Morgan fingerprint density at radius 1 is 0.909 bits per heavy atom. The quantitative estimate of drug-likeness (QED) is 0.430. The highest BCUT2D eigenvalue weighted by atomic mass is 16.2. The topological polar surface area (TPSA) is 52.6 Å². The molecule has 0 bridgehead atoms. The van der Waals surface area contributed by atoms with Gasteiger partial charge in [-0.2, -0.15) is 0 Å². The molecule has 0 fully saturated rings. The van der Waals surface area contributed by atoms with Crippen molar-refractivity contribution in [3.8, 4) is 0 Å². The van der Waals surface area contributed by atoms with Crippen LogP contribution in [0.15, 0.2) is 0 Å². The average molecular weight is 315 g/mol. The molecule has 1 amide bonds. The maximum Gasteiger partial charge on any atom is 0.220 e. The zero-order valence-corrected chi connectivity index (χ0v) is 14.9. The Balaban J connectivity index is 3.31. The van der Waals surface area contributed by atoms with E-state index in [-0.39, 0.29) is 5.91 Å². The van der Waals surface area contributed by atoms with Crippen molar-refractivity contribution in [3.63, 3.8) is 0 Å². The van der Waals surface area contributed by atoms with Crippen molar-refractivity contribution in [1.29, 1.82) is 0 Å². The molecule has 0 saturated carbocycles. The van der Waals surface area contributed by atoms with E-state index in [2.05, 4.69) is 24.2 Å². The number of aliphatic hydroxyl groups excluding tert-OH is 1. The molecule has 0 rings (SSSR count). The van der Waals surface area contributed by atoms with E-state index >= 15 is 0 Å². The first kappa shape index (κ1) is 21.4. The van der Waals surface area contributed by atoms with Gasteiger partial charge in [0.05, 0.1) is 0 Å². The maximum absolute atomic E-state index is 11.6. The van der Waals surface area contributed by atoms with E-state index in [9.17, 15) is 4.79 Å². The zero-order valence-electron chi connectivity index (χ0n) is 14.9. The minimum Gasteiger partial charge on any atom is -0.396 e. The lowest BCUT2D eigenvalue weighted by molar-refractivity contribution is -0.121. The molecule has 0 aromatic heterocycles. The van der Waals surface area contributed by atoms with Crippen LogP contribution in [0, 0.1) is 0 Å². The molecule has 0 radical (unpaired) electrons. The Morgan fingerprint density at radius 2 is 1.55 bits per heavy atom. The summed E-state index contributed by atoms with van der Waals surface area (Å²) in [5.74, 6) is 0.202. The highest BCUT2D eigenvalue weighted by Crippen LogP contribution is 2.05. The minimum atomic E-state index is 0.202. The first-order valence-corrected chi connectivity index (χ1v) is 9.26. The number of carbonyl (C=O) groups excluding carboxylic acids is 1. The molecule has 0 unspecified atom stereocenters. The second kappa shape index (κ2) is 16.8. The standard InChI is InChI=1S/C18H38N2O2/c1-3-4-5-10-13-18(22)19-14-16-20(2)15-11-8-6-7-9-12-17-21/h21H,3-17H2,1-2H3,(H,19,22). The van der Waals surface area contributed by atoms with Gasteiger partial charge in [0.1, 0.15) is 0 Å². The van der Waals surface area contributed by atoms with Gasteiger partial charge in [0.2, 0.25) is 5.91 Å². The lowest BCUT2D eigenvalue weighted by atomic mass is 10.1. The van der Waals surface area contributed by atoms with Gasteiger partial charge < -0.3 is 15.3 Å². The number of hydrogen-bond donors (Lipinski definition) is 2. The molecule has 0 spiro atoms. The lowest BCUT2D eigenvalue weighted by Crippen LogP contribution is -2.33. The van der Waals surface area contributed by atoms with Crippen LogP contribution in [0.4, 0.5) is 0 Å². The molecule has 0 aromatic carbocycles. The van der Waals surface area contributed by atoms with Gasteiger partial charge in [-0.1, -0.05) is 51.9 Å². The van der Waals surface area contributed by atoms with Gasteiger partial charge >= 0.3 is 0 Å². The molecule has 4 nitrogen and oxygen atoms in total. The SMILES string of the molecule is CCCCCCC(=O)NCCN(C)CCCCCCCCO. The van der Waals surface area contributed by atoms with Crippen molar-refractivity contribution < 1.29 is 9.90 Å². The third kappa shape index (κ3) is 15.8. The molecular weight excluding hydrogens is 276 g/mol. The van der Waals surface area contributed by atoms with Gasteiger partial charge in [-0.3, -0.25) is 4.79 Å². The van der Waals surface area contributed by atoms with Gasteiger partial charge in [0.25, 0.3) is 0 Å². The number of likely N-dealkylation sites (N-methyl/N-ethyl adjacent to an activating group) is 1. The number of nitrogens with one attached hydrogen (secondary N) is 1. The monoisotopic (exact) mass is 314 g/mol. The number of amides is 1. The summed E-state index contributed by atoms with van der Waals surface area (Å²) in [6.07, 6.45) is 12.4. The molecule has 0 atom stereocenters. The minimum absolute atomic E-state index is 0.202. The Labute approximate surface area is 137 Å². The summed E-state index contributed by atoms with van der Waals surface area (Å²) < 4.78 is 0. The van der Waals surface area contributed by atoms with Crippen LogP contribution in [0.3, 0.4) is 0 Å². The highest BCUT2D eigenvalue weighted by Gasteiger charge is 2.02. The molecule has 0 aliphatic rings. The van der Waals surface area contributed by atoms with Crippen LogP contribution in [-0.2, 0) is 4.79 Å². The third-order valence-electron chi connectivity index (χ3n) is 4.02. The number of unbranched alkanes of at least 4 members (excludes halogenated alkanes) is 8. The zero-order chi connectivity index (χ0) is 16.5. The van der Waals surface area contributed by atoms with Crippen molar-refractivity contribution in [2.75, 3.05) is 33.3 Å².